The second kappa shape index (κ2) is 11.7. The fourth-order valence-corrected chi connectivity index (χ4v) is 5.24. The lowest BCUT2D eigenvalue weighted by molar-refractivity contribution is 0.0977. The number of carbonyl (C=O) groups excluding carboxylic acids is 2. The predicted molar refractivity (Wildman–Crippen MR) is 146 cm³/mol. The summed E-state index contributed by atoms with van der Waals surface area (Å²) in [6.45, 7) is 2.44. The van der Waals surface area contributed by atoms with Crippen LogP contribution in [-0.4, -0.2) is 35.2 Å². The predicted octanol–water partition coefficient (Wildman–Crippen LogP) is 6.17. The van der Waals surface area contributed by atoms with Crippen LogP contribution in [0.2, 0.25) is 0 Å². The molecule has 0 saturated heterocycles. The number of fused-ring (bicyclic) bond motifs is 1. The highest BCUT2D eigenvalue weighted by atomic mass is 32.2. The summed E-state index contributed by atoms with van der Waals surface area (Å²) in [6, 6.07) is 16.8. The maximum Gasteiger partial charge on any atom is 0.436 e. The zero-order valence-electron chi connectivity index (χ0n) is 21.3. The smallest absolute Gasteiger partial charge is 0.436 e. The maximum atomic E-state index is 13.0. The van der Waals surface area contributed by atoms with Gasteiger partial charge in [-0.1, -0.05) is 71.0 Å². The first-order chi connectivity index (χ1) is 18.5. The number of amidine groups is 1. The van der Waals surface area contributed by atoms with Crippen molar-refractivity contribution >= 4 is 28.9 Å². The SMILES string of the molecule is CS/C(=N\C(=O)OCc1ccc(OCC2CC3=CCCC32)cc1)NC(=O)c1c(-c2ccccc2)noc1C. The Balaban J connectivity index is 1.13. The van der Waals surface area contributed by atoms with Crippen molar-refractivity contribution in [3.05, 3.63) is 83.1 Å². The molecule has 1 N–H and O–H groups in total. The number of rotatable bonds is 7. The van der Waals surface area contributed by atoms with Crippen LogP contribution in [-0.2, 0) is 11.3 Å². The Kier molecular flexibility index (Phi) is 7.93. The average molecular weight is 532 g/mol. The standard InChI is InChI=1S/C29H29N3O5S/c1-18-25(26(32-37-18)20-7-4-3-5-8-20)27(33)30-28(38-2)31-29(34)36-16-19-11-13-23(14-12-19)35-17-22-15-21-9-6-10-24(21)22/h3-5,7-9,11-14,22,24H,6,10,15-17H2,1-2H3,(H,30,31,33,34). The summed E-state index contributed by atoms with van der Waals surface area (Å²) < 4.78 is 16.5. The Morgan fingerprint density at radius 3 is 2.68 bits per heavy atom. The quantitative estimate of drug-likeness (QED) is 0.221. The van der Waals surface area contributed by atoms with E-state index in [9.17, 15) is 9.59 Å². The molecular weight excluding hydrogens is 502 g/mol. The van der Waals surface area contributed by atoms with Crippen LogP contribution in [0.3, 0.4) is 0 Å². The Hall–Kier alpha value is -3.85. The molecule has 1 aromatic heterocycles. The van der Waals surface area contributed by atoms with Gasteiger partial charge < -0.3 is 19.3 Å². The number of amides is 2. The number of benzene rings is 2. The monoisotopic (exact) mass is 531 g/mol. The number of thioether (sulfide) groups is 1. The Bertz CT molecular complexity index is 1360. The number of hydrogen-bond donors (Lipinski definition) is 1. The molecule has 2 unspecified atom stereocenters. The van der Waals surface area contributed by atoms with Gasteiger partial charge in [-0.3, -0.25) is 4.79 Å². The number of aryl methyl sites for hydroxylation is 1. The molecule has 38 heavy (non-hydrogen) atoms. The molecule has 2 aliphatic carbocycles. The van der Waals surface area contributed by atoms with Gasteiger partial charge in [0, 0.05) is 11.5 Å². The third kappa shape index (κ3) is 5.83. The normalized spacial score (nSPS) is 18.3. The number of ether oxygens (including phenoxy) is 2. The van der Waals surface area contributed by atoms with Crippen LogP contribution in [0.5, 0.6) is 5.75 Å². The third-order valence-corrected chi connectivity index (χ3v) is 7.50. The van der Waals surface area contributed by atoms with Gasteiger partial charge in [-0.2, -0.15) is 4.99 Å². The minimum atomic E-state index is -0.800. The Morgan fingerprint density at radius 2 is 1.95 bits per heavy atom. The minimum Gasteiger partial charge on any atom is -0.493 e. The molecular formula is C29H29N3O5S. The summed E-state index contributed by atoms with van der Waals surface area (Å²) in [5, 5.41) is 6.79. The number of aromatic nitrogens is 1. The topological polar surface area (TPSA) is 103 Å². The molecule has 9 heteroatoms. The van der Waals surface area contributed by atoms with Crippen LogP contribution in [0.4, 0.5) is 4.79 Å². The van der Waals surface area contributed by atoms with Crippen molar-refractivity contribution in [3.63, 3.8) is 0 Å². The number of hydrogen-bond acceptors (Lipinski definition) is 7. The van der Waals surface area contributed by atoms with Gasteiger partial charge in [0.25, 0.3) is 5.91 Å². The highest BCUT2D eigenvalue weighted by Crippen LogP contribution is 2.47. The van der Waals surface area contributed by atoms with Crippen molar-refractivity contribution in [2.24, 2.45) is 16.8 Å². The van der Waals surface area contributed by atoms with Gasteiger partial charge in [-0.05, 0) is 56.1 Å². The number of nitrogens with one attached hydrogen (secondary N) is 1. The lowest BCUT2D eigenvalue weighted by atomic mass is 9.71. The summed E-state index contributed by atoms with van der Waals surface area (Å²) in [7, 11) is 0. The molecule has 196 valence electrons. The first-order valence-corrected chi connectivity index (χ1v) is 13.8. The molecule has 1 fully saturated rings. The number of carbonyl (C=O) groups is 2. The highest BCUT2D eigenvalue weighted by molar-refractivity contribution is 8.13. The molecule has 0 aliphatic heterocycles. The van der Waals surface area contributed by atoms with E-state index in [4.69, 9.17) is 14.0 Å². The Morgan fingerprint density at radius 1 is 1.16 bits per heavy atom. The fraction of sp³-hybridized carbons (Fsp3) is 0.310. The molecule has 0 bridgehead atoms. The number of aliphatic imine (C=N–C) groups is 1. The van der Waals surface area contributed by atoms with Gasteiger partial charge in [-0.15, -0.1) is 0 Å². The highest BCUT2D eigenvalue weighted by Gasteiger charge is 2.38. The van der Waals surface area contributed by atoms with Crippen LogP contribution in [0.25, 0.3) is 11.3 Å². The van der Waals surface area contributed by atoms with E-state index in [-0.39, 0.29) is 17.3 Å². The van der Waals surface area contributed by atoms with E-state index in [0.29, 0.717) is 17.4 Å². The van der Waals surface area contributed by atoms with E-state index >= 15 is 0 Å². The van der Waals surface area contributed by atoms with Crippen LogP contribution < -0.4 is 10.1 Å². The van der Waals surface area contributed by atoms with Crippen LogP contribution in [0.1, 0.15) is 40.9 Å². The summed E-state index contributed by atoms with van der Waals surface area (Å²) >= 11 is 1.12. The van der Waals surface area contributed by atoms with Crippen molar-refractivity contribution in [3.8, 4) is 17.0 Å². The van der Waals surface area contributed by atoms with Crippen LogP contribution in [0, 0.1) is 18.8 Å². The Labute approximate surface area is 225 Å². The number of nitrogens with zero attached hydrogens (tertiary/aromatic N) is 2. The summed E-state index contributed by atoms with van der Waals surface area (Å²) in [5.41, 5.74) is 3.87. The van der Waals surface area contributed by atoms with E-state index in [2.05, 4.69) is 21.5 Å². The molecule has 1 heterocycles. The first kappa shape index (κ1) is 25.8. The third-order valence-electron chi connectivity index (χ3n) is 6.92. The van der Waals surface area contributed by atoms with Gasteiger partial charge in [-0.25, -0.2) is 4.79 Å². The molecule has 1 saturated carbocycles. The van der Waals surface area contributed by atoms with E-state index < -0.39 is 12.0 Å². The van der Waals surface area contributed by atoms with Crippen molar-refractivity contribution in [2.45, 2.75) is 32.8 Å². The second-order valence-corrected chi connectivity index (χ2v) is 10.1. The van der Waals surface area contributed by atoms with Crippen LogP contribution >= 0.6 is 11.8 Å². The zero-order valence-corrected chi connectivity index (χ0v) is 22.1. The van der Waals surface area contributed by atoms with Gasteiger partial charge in [0.1, 0.15) is 29.4 Å². The molecule has 5 rings (SSSR count). The average Bonchev–Trinajstić information content (AvgIpc) is 3.50. The maximum absolute atomic E-state index is 13.0. The van der Waals surface area contributed by atoms with Crippen LogP contribution in [0.15, 0.2) is 75.8 Å². The molecule has 2 atom stereocenters. The molecule has 0 spiro atoms. The van der Waals surface area contributed by atoms with Gasteiger partial charge in [0.15, 0.2) is 5.17 Å². The van der Waals surface area contributed by atoms with E-state index in [0.717, 1.165) is 47.6 Å². The zero-order chi connectivity index (χ0) is 26.5. The summed E-state index contributed by atoms with van der Waals surface area (Å²) in [6.07, 6.45) is 6.90. The van der Waals surface area contributed by atoms with E-state index in [1.54, 1.807) is 18.8 Å². The second-order valence-electron chi connectivity index (χ2n) is 9.34. The first-order valence-electron chi connectivity index (χ1n) is 12.5. The lowest BCUT2D eigenvalue weighted by Gasteiger charge is -2.36. The molecule has 8 nitrogen and oxygen atoms in total. The van der Waals surface area contributed by atoms with E-state index in [1.807, 2.05) is 54.6 Å². The van der Waals surface area contributed by atoms with Crippen molar-refractivity contribution < 1.29 is 23.6 Å². The fourth-order valence-electron chi connectivity index (χ4n) is 4.88. The lowest BCUT2D eigenvalue weighted by Crippen LogP contribution is -2.31. The minimum absolute atomic E-state index is 0.0555. The van der Waals surface area contributed by atoms with Crippen molar-refractivity contribution in [2.75, 3.05) is 12.9 Å². The van der Waals surface area contributed by atoms with Gasteiger partial charge in [0.05, 0.1) is 6.61 Å². The number of allylic oxidation sites excluding steroid dienone is 2. The van der Waals surface area contributed by atoms with Gasteiger partial charge in [0.2, 0.25) is 0 Å². The van der Waals surface area contributed by atoms with Crippen molar-refractivity contribution in [1.29, 1.82) is 0 Å². The molecule has 2 aliphatic rings. The molecule has 2 amide bonds. The summed E-state index contributed by atoms with van der Waals surface area (Å²) in [5.74, 6) is 2.04. The largest absolute Gasteiger partial charge is 0.493 e. The molecule has 0 radical (unpaired) electrons. The molecule has 2 aromatic carbocycles. The van der Waals surface area contributed by atoms with Crippen molar-refractivity contribution in [1.82, 2.24) is 10.5 Å². The summed E-state index contributed by atoms with van der Waals surface area (Å²) in [4.78, 5) is 29.2. The van der Waals surface area contributed by atoms with Gasteiger partial charge >= 0.3 is 6.09 Å². The van der Waals surface area contributed by atoms with E-state index in [1.165, 1.54) is 12.8 Å². The molecule has 3 aromatic rings.